The summed E-state index contributed by atoms with van der Waals surface area (Å²) in [5.74, 6) is -1.35. The normalized spacial score (nSPS) is 11.3. The van der Waals surface area contributed by atoms with Gasteiger partial charge in [-0.2, -0.15) is 0 Å². The average molecular weight is 190 g/mol. The van der Waals surface area contributed by atoms with Gasteiger partial charge in [0.2, 0.25) is 0 Å². The molecule has 0 amide bonds. The molecule has 0 spiro atoms. The van der Waals surface area contributed by atoms with Crippen LogP contribution in [0.1, 0.15) is 10.5 Å². The summed E-state index contributed by atoms with van der Waals surface area (Å²) in [4.78, 5) is 13.4. The minimum Gasteiger partial charge on any atom is -0.477 e. The molecular formula is C6H4BF3NO2-. The number of rotatable bonds is 2. The number of pyridine rings is 1. The van der Waals surface area contributed by atoms with E-state index in [0.717, 1.165) is 6.07 Å². The van der Waals surface area contributed by atoms with Crippen molar-refractivity contribution in [3.63, 3.8) is 0 Å². The van der Waals surface area contributed by atoms with Crippen LogP contribution in [0, 0.1) is 0 Å². The number of hydrogen-bond acceptors (Lipinski definition) is 2. The Bertz CT molecular complexity index is 322. The Labute approximate surface area is 71.3 Å². The zero-order valence-corrected chi connectivity index (χ0v) is 6.25. The van der Waals surface area contributed by atoms with Crippen LogP contribution in [0.5, 0.6) is 0 Å². The van der Waals surface area contributed by atoms with Crippen molar-refractivity contribution in [2.24, 2.45) is 0 Å². The number of hydrogen-bond donors (Lipinski definition) is 1. The predicted octanol–water partition coefficient (Wildman–Crippen LogP) is 0.834. The van der Waals surface area contributed by atoms with E-state index in [2.05, 4.69) is 4.98 Å². The highest BCUT2D eigenvalue weighted by Gasteiger charge is 2.25. The highest BCUT2D eigenvalue weighted by molar-refractivity contribution is 6.73. The summed E-state index contributed by atoms with van der Waals surface area (Å²) < 4.78 is 36.0. The molecule has 1 heterocycles. The van der Waals surface area contributed by atoms with Crippen LogP contribution in [0.3, 0.4) is 0 Å². The molecule has 1 N–H and O–H groups in total. The van der Waals surface area contributed by atoms with Gasteiger partial charge in [-0.05, 0) is 6.07 Å². The molecule has 0 fully saturated rings. The Morgan fingerprint density at radius 3 is 2.31 bits per heavy atom. The number of carboxylic acid groups (broad SMARTS) is 1. The first-order valence-corrected chi connectivity index (χ1v) is 3.30. The van der Waals surface area contributed by atoms with E-state index >= 15 is 0 Å². The van der Waals surface area contributed by atoms with Crippen molar-refractivity contribution >= 4 is 18.4 Å². The first-order valence-electron chi connectivity index (χ1n) is 3.30. The molecule has 7 heteroatoms. The molecule has 13 heavy (non-hydrogen) atoms. The van der Waals surface area contributed by atoms with E-state index in [1.54, 1.807) is 0 Å². The van der Waals surface area contributed by atoms with Crippen LogP contribution >= 0.6 is 0 Å². The van der Waals surface area contributed by atoms with Gasteiger partial charge in [-0.1, -0.05) is 11.5 Å². The Hall–Kier alpha value is -1.53. The molecule has 3 nitrogen and oxygen atoms in total. The zero-order valence-electron chi connectivity index (χ0n) is 6.25. The molecule has 0 aliphatic rings. The fourth-order valence-corrected chi connectivity index (χ4v) is 0.725. The van der Waals surface area contributed by atoms with Gasteiger partial charge >= 0.3 is 12.9 Å². The maximum absolute atomic E-state index is 12.0. The molecular weight excluding hydrogens is 186 g/mol. The van der Waals surface area contributed by atoms with Gasteiger partial charge in [0.05, 0.1) is 0 Å². The molecule has 0 radical (unpaired) electrons. The number of carbonyl (C=O) groups is 1. The first-order chi connectivity index (χ1) is 5.91. The molecule has 1 aromatic heterocycles. The molecule has 0 aliphatic carbocycles. The lowest BCUT2D eigenvalue weighted by Crippen LogP contribution is -2.34. The molecule has 0 aliphatic heterocycles. The standard InChI is InChI=1S/C6H4BF3NO2/c8-7(9,10)4-1-2-5(6(12)13)11-3-4/h1-3H,(H,12,13)/q-1. The summed E-state index contributed by atoms with van der Waals surface area (Å²) >= 11 is 0. The highest BCUT2D eigenvalue weighted by atomic mass is 19.4. The lowest BCUT2D eigenvalue weighted by Gasteiger charge is -2.13. The number of halogens is 3. The van der Waals surface area contributed by atoms with Crippen molar-refractivity contribution in [2.75, 3.05) is 0 Å². The fraction of sp³-hybridized carbons (Fsp3) is 0. The number of nitrogens with zero attached hydrogens (tertiary/aromatic N) is 1. The lowest BCUT2D eigenvalue weighted by atomic mass is 9.81. The molecule has 0 unspecified atom stereocenters. The zero-order chi connectivity index (χ0) is 10.1. The van der Waals surface area contributed by atoms with Gasteiger partial charge in [-0.25, -0.2) is 4.79 Å². The Kier molecular flexibility index (Phi) is 2.27. The van der Waals surface area contributed by atoms with Crippen molar-refractivity contribution in [1.82, 2.24) is 4.98 Å². The maximum atomic E-state index is 12.0. The fourth-order valence-electron chi connectivity index (χ4n) is 0.725. The number of carboxylic acids is 1. The third-order valence-electron chi connectivity index (χ3n) is 1.38. The number of aromatic carboxylic acids is 1. The van der Waals surface area contributed by atoms with Crippen molar-refractivity contribution in [3.05, 3.63) is 24.0 Å². The van der Waals surface area contributed by atoms with Gasteiger partial charge in [-0.3, -0.25) is 4.98 Å². The van der Waals surface area contributed by atoms with Crippen LogP contribution in [-0.2, 0) is 0 Å². The Morgan fingerprint density at radius 1 is 1.38 bits per heavy atom. The summed E-state index contributed by atoms with van der Waals surface area (Å²) in [7, 11) is 0. The van der Waals surface area contributed by atoms with Gasteiger partial charge < -0.3 is 18.1 Å². The summed E-state index contributed by atoms with van der Waals surface area (Å²) in [6.45, 7) is -5.10. The lowest BCUT2D eigenvalue weighted by molar-refractivity contribution is 0.0690. The van der Waals surface area contributed by atoms with E-state index < -0.39 is 24.1 Å². The molecule has 0 saturated heterocycles. The van der Waals surface area contributed by atoms with Gasteiger partial charge in [0.15, 0.2) is 0 Å². The highest BCUT2D eigenvalue weighted by Crippen LogP contribution is 2.07. The first kappa shape index (κ1) is 9.56. The Balaban J connectivity index is 3.01. The number of aromatic nitrogens is 1. The van der Waals surface area contributed by atoms with Gasteiger partial charge in [0.1, 0.15) is 5.69 Å². The van der Waals surface area contributed by atoms with Gasteiger partial charge in [-0.15, -0.1) is 0 Å². The second-order valence-electron chi connectivity index (χ2n) is 2.36. The van der Waals surface area contributed by atoms with Crippen LogP contribution in [0.15, 0.2) is 18.3 Å². The summed E-state index contributed by atoms with van der Waals surface area (Å²) in [5.41, 5.74) is -1.30. The molecule has 0 saturated carbocycles. The van der Waals surface area contributed by atoms with Crippen LogP contribution < -0.4 is 5.46 Å². The predicted molar refractivity (Wildman–Crippen MR) is 39.9 cm³/mol. The largest absolute Gasteiger partial charge is 0.511 e. The third-order valence-corrected chi connectivity index (χ3v) is 1.38. The molecule has 0 bridgehead atoms. The smallest absolute Gasteiger partial charge is 0.477 e. The van der Waals surface area contributed by atoms with Crippen LogP contribution in [-0.4, -0.2) is 23.0 Å². The molecule has 70 valence electrons. The van der Waals surface area contributed by atoms with Crippen molar-refractivity contribution in [3.8, 4) is 0 Å². The SMILES string of the molecule is O=C(O)c1ccc([B-](F)(F)F)cn1. The maximum Gasteiger partial charge on any atom is 0.511 e. The van der Waals surface area contributed by atoms with Crippen LogP contribution in [0.2, 0.25) is 0 Å². The van der Waals surface area contributed by atoms with Crippen LogP contribution in [0.4, 0.5) is 12.9 Å². The average Bonchev–Trinajstić information content (AvgIpc) is 2.03. The summed E-state index contributed by atoms with van der Waals surface area (Å²) in [6.07, 6.45) is 0.517. The minimum atomic E-state index is -5.10. The summed E-state index contributed by atoms with van der Waals surface area (Å²) in [5, 5.41) is 8.34. The second-order valence-corrected chi connectivity index (χ2v) is 2.36. The van der Waals surface area contributed by atoms with E-state index in [-0.39, 0.29) is 0 Å². The van der Waals surface area contributed by atoms with Crippen LogP contribution in [0.25, 0.3) is 0 Å². The molecule has 1 aromatic rings. The molecule has 1 rings (SSSR count). The second kappa shape index (κ2) is 3.08. The topological polar surface area (TPSA) is 50.2 Å². The van der Waals surface area contributed by atoms with Gasteiger partial charge in [0, 0.05) is 6.20 Å². The summed E-state index contributed by atoms with van der Waals surface area (Å²) in [6, 6.07) is 1.53. The van der Waals surface area contributed by atoms with Crippen molar-refractivity contribution in [1.29, 1.82) is 0 Å². The van der Waals surface area contributed by atoms with E-state index in [1.807, 2.05) is 0 Å². The van der Waals surface area contributed by atoms with Crippen molar-refractivity contribution in [2.45, 2.75) is 0 Å². The van der Waals surface area contributed by atoms with E-state index in [9.17, 15) is 17.7 Å². The van der Waals surface area contributed by atoms with E-state index in [0.29, 0.717) is 12.3 Å². The molecule has 0 atom stereocenters. The van der Waals surface area contributed by atoms with E-state index in [1.165, 1.54) is 0 Å². The van der Waals surface area contributed by atoms with E-state index in [4.69, 9.17) is 5.11 Å². The third kappa shape index (κ3) is 2.20. The quantitative estimate of drug-likeness (QED) is 0.702. The Morgan fingerprint density at radius 2 is 2.00 bits per heavy atom. The van der Waals surface area contributed by atoms with Gasteiger partial charge in [0.25, 0.3) is 0 Å². The minimum absolute atomic E-state index is 0.399. The monoisotopic (exact) mass is 190 g/mol. The van der Waals surface area contributed by atoms with Crippen molar-refractivity contribution < 1.29 is 22.8 Å². The molecule has 0 aromatic carbocycles.